The van der Waals surface area contributed by atoms with Crippen LogP contribution < -0.4 is 5.32 Å². The number of benzene rings is 2. The van der Waals surface area contributed by atoms with Crippen molar-refractivity contribution in [3.05, 3.63) is 74.3 Å². The number of amides is 1. The van der Waals surface area contributed by atoms with Gasteiger partial charge in [0.05, 0.1) is 9.95 Å². The molecule has 0 spiro atoms. The summed E-state index contributed by atoms with van der Waals surface area (Å²) in [6.07, 6.45) is 6.42. The standard InChI is InChI=1S/C26H27Cl2N3O5/c1-2-15-3-6-17(7-4-15)25(33)29-21(11-16-5-10-24(32)23(12-16)31(34)35)26-30-22(14-36-26)19-9-8-18(27)13-20(19)28/h5,8-10,12-15,17,21,32H,2-4,6-7,11H2,1H3,(H,29,33)/t15?,17?,21-/m0/s1. The number of carbonyl (C=O) groups excluding carboxylic acids is 1. The van der Waals surface area contributed by atoms with Crippen molar-refractivity contribution in [2.75, 3.05) is 0 Å². The number of aromatic nitrogens is 1. The lowest BCUT2D eigenvalue weighted by Crippen LogP contribution is -2.36. The fourth-order valence-corrected chi connectivity index (χ4v) is 5.17. The van der Waals surface area contributed by atoms with Gasteiger partial charge in [-0.15, -0.1) is 0 Å². The van der Waals surface area contributed by atoms with Crippen molar-refractivity contribution in [2.45, 2.75) is 51.5 Å². The molecule has 1 fully saturated rings. The Balaban J connectivity index is 1.61. The van der Waals surface area contributed by atoms with E-state index in [0.717, 1.165) is 32.1 Å². The molecule has 1 atom stereocenters. The molecule has 4 rings (SSSR count). The van der Waals surface area contributed by atoms with Gasteiger partial charge in [0.15, 0.2) is 5.75 Å². The third-order valence-corrected chi connectivity index (χ3v) is 7.36. The molecule has 3 aromatic rings. The van der Waals surface area contributed by atoms with Gasteiger partial charge >= 0.3 is 5.69 Å². The van der Waals surface area contributed by atoms with Gasteiger partial charge in [-0.05, 0) is 61.4 Å². The first-order chi connectivity index (χ1) is 17.2. The first-order valence-electron chi connectivity index (χ1n) is 11.9. The van der Waals surface area contributed by atoms with Gasteiger partial charge in [-0.2, -0.15) is 0 Å². The molecule has 1 heterocycles. The molecule has 1 amide bonds. The zero-order valence-electron chi connectivity index (χ0n) is 19.7. The first kappa shape index (κ1) is 26.0. The van der Waals surface area contributed by atoms with Gasteiger partial charge in [-0.25, -0.2) is 4.98 Å². The molecule has 36 heavy (non-hydrogen) atoms. The van der Waals surface area contributed by atoms with E-state index >= 15 is 0 Å². The summed E-state index contributed by atoms with van der Waals surface area (Å²) in [6, 6.07) is 8.49. The maximum atomic E-state index is 13.2. The van der Waals surface area contributed by atoms with Crippen molar-refractivity contribution in [3.8, 4) is 17.0 Å². The maximum Gasteiger partial charge on any atom is 0.310 e. The number of nitro benzene ring substituents is 1. The van der Waals surface area contributed by atoms with Crippen LogP contribution in [-0.4, -0.2) is 20.9 Å². The highest BCUT2D eigenvalue weighted by Crippen LogP contribution is 2.34. The lowest BCUT2D eigenvalue weighted by molar-refractivity contribution is -0.385. The van der Waals surface area contributed by atoms with E-state index in [9.17, 15) is 20.0 Å². The number of nitrogens with one attached hydrogen (secondary N) is 1. The third-order valence-electron chi connectivity index (χ3n) is 6.81. The van der Waals surface area contributed by atoms with Crippen molar-refractivity contribution in [3.63, 3.8) is 0 Å². The minimum Gasteiger partial charge on any atom is -0.502 e. The number of carbonyl (C=O) groups is 1. The van der Waals surface area contributed by atoms with Gasteiger partial charge in [0, 0.05) is 29.0 Å². The van der Waals surface area contributed by atoms with Crippen LogP contribution in [0.1, 0.15) is 56.5 Å². The van der Waals surface area contributed by atoms with Gasteiger partial charge in [0.25, 0.3) is 0 Å². The Morgan fingerprint density at radius 1 is 1.22 bits per heavy atom. The summed E-state index contributed by atoms with van der Waals surface area (Å²) < 4.78 is 5.76. The Labute approximate surface area is 218 Å². The molecule has 1 aliphatic rings. The van der Waals surface area contributed by atoms with E-state index in [0.29, 0.717) is 32.8 Å². The average molecular weight is 532 g/mol. The van der Waals surface area contributed by atoms with E-state index in [2.05, 4.69) is 17.2 Å². The van der Waals surface area contributed by atoms with Crippen molar-refractivity contribution >= 4 is 34.8 Å². The van der Waals surface area contributed by atoms with Gasteiger partial charge < -0.3 is 14.8 Å². The Bertz CT molecular complexity index is 1250. The van der Waals surface area contributed by atoms with E-state index in [1.807, 2.05) is 0 Å². The number of phenolic OH excluding ortho intramolecular Hbond substituents is 1. The second-order valence-corrected chi connectivity index (χ2v) is 10.0. The molecule has 1 saturated carbocycles. The van der Waals surface area contributed by atoms with Crippen LogP contribution in [0, 0.1) is 22.0 Å². The Hall–Kier alpha value is -3.10. The van der Waals surface area contributed by atoms with Gasteiger partial charge in [-0.1, -0.05) is 42.6 Å². The summed E-state index contributed by atoms with van der Waals surface area (Å²) in [7, 11) is 0. The summed E-state index contributed by atoms with van der Waals surface area (Å²) in [5.41, 5.74) is 1.24. The molecule has 2 N–H and O–H groups in total. The molecular formula is C26H27Cl2N3O5. The van der Waals surface area contributed by atoms with Crippen LogP contribution in [0.5, 0.6) is 5.75 Å². The summed E-state index contributed by atoms with van der Waals surface area (Å²) in [5, 5.41) is 25.1. The summed E-state index contributed by atoms with van der Waals surface area (Å²) in [6.45, 7) is 2.17. The van der Waals surface area contributed by atoms with E-state index in [1.165, 1.54) is 18.4 Å². The van der Waals surface area contributed by atoms with Crippen molar-refractivity contribution in [1.82, 2.24) is 10.3 Å². The van der Waals surface area contributed by atoms with E-state index in [1.54, 1.807) is 24.3 Å². The number of aromatic hydroxyl groups is 1. The quantitative estimate of drug-likeness (QED) is 0.241. The van der Waals surface area contributed by atoms with Gasteiger partial charge in [0.1, 0.15) is 18.0 Å². The van der Waals surface area contributed by atoms with Gasteiger partial charge in [-0.3, -0.25) is 14.9 Å². The number of halogens is 2. The molecule has 0 radical (unpaired) electrons. The minimum absolute atomic E-state index is 0.0906. The average Bonchev–Trinajstić information content (AvgIpc) is 3.34. The Morgan fingerprint density at radius 2 is 1.97 bits per heavy atom. The van der Waals surface area contributed by atoms with E-state index in [-0.39, 0.29) is 24.1 Å². The molecule has 0 saturated heterocycles. The number of rotatable bonds is 8. The zero-order chi connectivity index (χ0) is 25.8. The SMILES string of the molecule is CCC1CCC(C(=O)N[C@@H](Cc2ccc(O)c([N+](=O)[O-])c2)c2nc(-c3ccc(Cl)cc3Cl)co2)CC1. The molecule has 1 aromatic heterocycles. The molecule has 190 valence electrons. The van der Waals surface area contributed by atoms with Crippen LogP contribution in [0.2, 0.25) is 10.0 Å². The predicted octanol–water partition coefficient (Wildman–Crippen LogP) is 6.88. The molecule has 8 nitrogen and oxygen atoms in total. The number of oxazole rings is 1. The highest BCUT2D eigenvalue weighted by atomic mass is 35.5. The molecule has 0 aliphatic heterocycles. The minimum atomic E-state index is -0.676. The first-order valence-corrected chi connectivity index (χ1v) is 12.7. The maximum absolute atomic E-state index is 13.2. The van der Waals surface area contributed by atoms with Crippen LogP contribution >= 0.6 is 23.2 Å². The second kappa shape index (κ2) is 11.3. The Kier molecular flexibility index (Phi) is 8.16. The number of nitro groups is 1. The van der Waals surface area contributed by atoms with Crippen LogP contribution in [0.4, 0.5) is 5.69 Å². The normalized spacial score (nSPS) is 18.5. The Morgan fingerprint density at radius 3 is 2.64 bits per heavy atom. The van der Waals surface area contributed by atoms with Gasteiger partial charge in [0.2, 0.25) is 11.8 Å². The fraction of sp³-hybridized carbons (Fsp3) is 0.385. The molecule has 1 aliphatic carbocycles. The zero-order valence-corrected chi connectivity index (χ0v) is 21.3. The molecular weight excluding hydrogens is 505 g/mol. The summed E-state index contributed by atoms with van der Waals surface area (Å²) >= 11 is 12.3. The largest absolute Gasteiger partial charge is 0.502 e. The van der Waals surface area contributed by atoms with Crippen LogP contribution in [0.15, 0.2) is 47.1 Å². The van der Waals surface area contributed by atoms with Crippen molar-refractivity contribution in [1.29, 1.82) is 0 Å². The van der Waals surface area contributed by atoms with Crippen LogP contribution in [-0.2, 0) is 11.2 Å². The van der Waals surface area contributed by atoms with E-state index in [4.69, 9.17) is 27.6 Å². The summed E-state index contributed by atoms with van der Waals surface area (Å²) in [4.78, 5) is 28.4. The number of hydrogen-bond acceptors (Lipinski definition) is 6. The highest BCUT2D eigenvalue weighted by Gasteiger charge is 2.29. The van der Waals surface area contributed by atoms with Crippen LogP contribution in [0.25, 0.3) is 11.3 Å². The highest BCUT2D eigenvalue weighted by molar-refractivity contribution is 6.36. The predicted molar refractivity (Wildman–Crippen MR) is 137 cm³/mol. The third kappa shape index (κ3) is 5.99. The van der Waals surface area contributed by atoms with Crippen molar-refractivity contribution in [2.24, 2.45) is 11.8 Å². The lowest BCUT2D eigenvalue weighted by atomic mass is 9.80. The smallest absolute Gasteiger partial charge is 0.310 e. The summed E-state index contributed by atoms with van der Waals surface area (Å²) in [5.74, 6) is 0.285. The van der Waals surface area contributed by atoms with Crippen LogP contribution in [0.3, 0.4) is 0 Å². The molecule has 2 aromatic carbocycles. The molecule has 0 bridgehead atoms. The number of hydrogen-bond donors (Lipinski definition) is 2. The molecule has 0 unspecified atom stereocenters. The second-order valence-electron chi connectivity index (χ2n) is 9.17. The van der Waals surface area contributed by atoms with Crippen molar-refractivity contribution < 1.29 is 19.2 Å². The lowest BCUT2D eigenvalue weighted by Gasteiger charge is -2.28. The number of phenols is 1. The fourth-order valence-electron chi connectivity index (χ4n) is 4.67. The monoisotopic (exact) mass is 531 g/mol. The van der Waals surface area contributed by atoms with E-state index < -0.39 is 22.4 Å². The molecule has 10 heteroatoms. The topological polar surface area (TPSA) is 118 Å². The number of nitrogens with zero attached hydrogens (tertiary/aromatic N) is 2.